The molecule has 1 amide bonds. The normalized spacial score (nSPS) is 17.6. The average Bonchev–Trinajstić information content (AvgIpc) is 2.69. The molecular formula is C16H18F2N2O. The van der Waals surface area contributed by atoms with Crippen LogP contribution in [-0.4, -0.2) is 11.4 Å². The number of amides is 1. The number of hydrogen-bond acceptors (Lipinski definition) is 2. The van der Waals surface area contributed by atoms with Gasteiger partial charge in [0.25, 0.3) is 5.91 Å². The van der Waals surface area contributed by atoms with Crippen molar-refractivity contribution in [2.24, 2.45) is 0 Å². The minimum absolute atomic E-state index is 0.202. The molecule has 1 aliphatic carbocycles. The molecule has 0 bridgehead atoms. The number of benzene rings is 1. The van der Waals surface area contributed by atoms with E-state index in [-0.39, 0.29) is 5.56 Å². The zero-order chi connectivity index (χ0) is 15.5. The summed E-state index contributed by atoms with van der Waals surface area (Å²) < 4.78 is 27.8. The molecule has 1 N–H and O–H groups in total. The van der Waals surface area contributed by atoms with Crippen molar-refractivity contribution in [1.29, 1.82) is 5.26 Å². The Labute approximate surface area is 123 Å². The smallest absolute Gasteiger partial charge is 0.258 e. The van der Waals surface area contributed by atoms with Gasteiger partial charge in [0.1, 0.15) is 22.7 Å². The van der Waals surface area contributed by atoms with Crippen LogP contribution in [0.25, 0.3) is 0 Å². The zero-order valence-corrected chi connectivity index (χ0v) is 12.0. The molecule has 3 nitrogen and oxygen atoms in total. The fourth-order valence-electron chi connectivity index (χ4n) is 2.74. The first-order valence-corrected chi connectivity index (χ1v) is 7.17. The standard InChI is InChI=1S/C16H18F2N2O/c1-11-6-7-12(17)13(14(11)18)15(21)20-16(10-19)8-4-2-3-5-9-16/h6-7H,2-5,8-9H2,1H3,(H,20,21). The van der Waals surface area contributed by atoms with Crippen LogP contribution in [0.1, 0.15) is 54.4 Å². The van der Waals surface area contributed by atoms with Gasteiger partial charge in [-0.2, -0.15) is 5.26 Å². The Morgan fingerprint density at radius 2 is 1.86 bits per heavy atom. The van der Waals surface area contributed by atoms with E-state index < -0.39 is 28.6 Å². The van der Waals surface area contributed by atoms with E-state index in [1.54, 1.807) is 0 Å². The molecule has 112 valence electrons. The molecule has 2 rings (SSSR count). The fourth-order valence-corrected chi connectivity index (χ4v) is 2.74. The Morgan fingerprint density at radius 3 is 2.43 bits per heavy atom. The molecule has 0 aromatic heterocycles. The molecule has 0 saturated heterocycles. The lowest BCUT2D eigenvalue weighted by atomic mass is 9.91. The second kappa shape index (κ2) is 6.21. The first kappa shape index (κ1) is 15.4. The molecule has 5 heteroatoms. The van der Waals surface area contributed by atoms with E-state index in [1.165, 1.54) is 13.0 Å². The third-order valence-electron chi connectivity index (χ3n) is 4.04. The van der Waals surface area contributed by atoms with E-state index in [4.69, 9.17) is 0 Å². The lowest BCUT2D eigenvalue weighted by Gasteiger charge is -2.26. The summed E-state index contributed by atoms with van der Waals surface area (Å²) in [4.78, 5) is 12.2. The van der Waals surface area contributed by atoms with Gasteiger partial charge in [0.05, 0.1) is 6.07 Å². The van der Waals surface area contributed by atoms with Crippen LogP contribution in [0, 0.1) is 29.9 Å². The summed E-state index contributed by atoms with van der Waals surface area (Å²) in [6.07, 6.45) is 4.70. The van der Waals surface area contributed by atoms with Crippen LogP contribution in [0.5, 0.6) is 0 Å². The number of aryl methyl sites for hydroxylation is 1. The Balaban J connectivity index is 2.28. The molecule has 0 unspecified atom stereocenters. The lowest BCUT2D eigenvalue weighted by Crippen LogP contribution is -2.47. The highest BCUT2D eigenvalue weighted by molar-refractivity contribution is 5.95. The number of carbonyl (C=O) groups is 1. The molecule has 0 atom stereocenters. The highest BCUT2D eigenvalue weighted by atomic mass is 19.1. The molecule has 1 saturated carbocycles. The van der Waals surface area contributed by atoms with Crippen molar-refractivity contribution in [2.75, 3.05) is 0 Å². The maximum Gasteiger partial charge on any atom is 0.258 e. The van der Waals surface area contributed by atoms with Gasteiger partial charge < -0.3 is 5.32 Å². The maximum atomic E-state index is 14.0. The van der Waals surface area contributed by atoms with Gasteiger partial charge in [0.2, 0.25) is 0 Å². The van der Waals surface area contributed by atoms with Crippen LogP contribution in [0.3, 0.4) is 0 Å². The Morgan fingerprint density at radius 1 is 1.24 bits per heavy atom. The highest BCUT2D eigenvalue weighted by Crippen LogP contribution is 2.27. The van der Waals surface area contributed by atoms with Crippen molar-refractivity contribution >= 4 is 5.91 Å². The summed E-state index contributed by atoms with van der Waals surface area (Å²) in [6.45, 7) is 1.47. The third-order valence-corrected chi connectivity index (χ3v) is 4.04. The van der Waals surface area contributed by atoms with Gasteiger partial charge in [-0.25, -0.2) is 8.78 Å². The molecule has 21 heavy (non-hydrogen) atoms. The predicted octanol–water partition coefficient (Wildman–Crippen LogP) is 3.62. The SMILES string of the molecule is Cc1ccc(F)c(C(=O)NC2(C#N)CCCCCC2)c1F. The van der Waals surface area contributed by atoms with E-state index in [1.807, 2.05) is 0 Å². The zero-order valence-electron chi connectivity index (χ0n) is 12.0. The van der Waals surface area contributed by atoms with E-state index in [9.17, 15) is 18.8 Å². The van der Waals surface area contributed by atoms with Crippen molar-refractivity contribution in [3.63, 3.8) is 0 Å². The number of hydrogen-bond donors (Lipinski definition) is 1. The number of nitrogens with one attached hydrogen (secondary N) is 1. The number of carbonyl (C=O) groups excluding carboxylic acids is 1. The van der Waals surface area contributed by atoms with Gasteiger partial charge in [-0.15, -0.1) is 0 Å². The van der Waals surface area contributed by atoms with E-state index >= 15 is 0 Å². The molecular weight excluding hydrogens is 274 g/mol. The summed E-state index contributed by atoms with van der Waals surface area (Å²) >= 11 is 0. The second-order valence-electron chi connectivity index (χ2n) is 5.62. The van der Waals surface area contributed by atoms with E-state index in [0.29, 0.717) is 12.8 Å². The second-order valence-corrected chi connectivity index (χ2v) is 5.62. The molecule has 0 radical (unpaired) electrons. The van der Waals surface area contributed by atoms with Gasteiger partial charge >= 0.3 is 0 Å². The topological polar surface area (TPSA) is 52.9 Å². The van der Waals surface area contributed by atoms with E-state index in [0.717, 1.165) is 31.7 Å². The van der Waals surface area contributed by atoms with Gasteiger partial charge in [0.15, 0.2) is 0 Å². The predicted molar refractivity (Wildman–Crippen MR) is 74.6 cm³/mol. The molecule has 1 aromatic carbocycles. The molecule has 1 fully saturated rings. The van der Waals surface area contributed by atoms with Gasteiger partial charge in [-0.05, 0) is 31.4 Å². The number of nitrogens with zero attached hydrogens (tertiary/aromatic N) is 1. The van der Waals surface area contributed by atoms with Crippen LogP contribution in [0.15, 0.2) is 12.1 Å². The number of rotatable bonds is 2. The molecule has 0 heterocycles. The summed E-state index contributed by atoms with van der Waals surface area (Å²) in [6, 6.07) is 4.49. The summed E-state index contributed by atoms with van der Waals surface area (Å²) in [5, 5.41) is 12.0. The number of halogens is 2. The maximum absolute atomic E-state index is 14.0. The first-order valence-electron chi connectivity index (χ1n) is 7.17. The highest BCUT2D eigenvalue weighted by Gasteiger charge is 2.34. The van der Waals surface area contributed by atoms with E-state index in [2.05, 4.69) is 11.4 Å². The average molecular weight is 292 g/mol. The molecule has 1 aliphatic rings. The first-order chi connectivity index (χ1) is 9.99. The third kappa shape index (κ3) is 3.21. The molecule has 0 aliphatic heterocycles. The monoisotopic (exact) mass is 292 g/mol. The van der Waals surface area contributed by atoms with Crippen molar-refractivity contribution in [3.8, 4) is 6.07 Å². The Hall–Kier alpha value is -1.96. The van der Waals surface area contributed by atoms with Gasteiger partial charge in [-0.1, -0.05) is 31.7 Å². The van der Waals surface area contributed by atoms with Crippen molar-refractivity contribution in [2.45, 2.75) is 51.0 Å². The Bertz CT molecular complexity index is 585. The van der Waals surface area contributed by atoms with Crippen LogP contribution >= 0.6 is 0 Å². The molecule has 1 aromatic rings. The van der Waals surface area contributed by atoms with Crippen LogP contribution < -0.4 is 5.32 Å². The van der Waals surface area contributed by atoms with Gasteiger partial charge in [0, 0.05) is 0 Å². The van der Waals surface area contributed by atoms with Crippen LogP contribution in [-0.2, 0) is 0 Å². The van der Waals surface area contributed by atoms with Crippen molar-refractivity contribution in [1.82, 2.24) is 5.32 Å². The summed E-state index contributed by atoms with van der Waals surface area (Å²) in [5.41, 5.74) is -1.42. The fraction of sp³-hybridized carbons (Fsp3) is 0.500. The minimum atomic E-state index is -1.02. The summed E-state index contributed by atoms with van der Waals surface area (Å²) in [5.74, 6) is -2.62. The summed E-state index contributed by atoms with van der Waals surface area (Å²) in [7, 11) is 0. The lowest BCUT2D eigenvalue weighted by molar-refractivity contribution is 0.0904. The number of nitriles is 1. The van der Waals surface area contributed by atoms with Crippen molar-refractivity contribution < 1.29 is 13.6 Å². The van der Waals surface area contributed by atoms with Gasteiger partial charge in [-0.3, -0.25) is 4.79 Å². The minimum Gasteiger partial charge on any atom is -0.334 e. The van der Waals surface area contributed by atoms with Crippen LogP contribution in [0.2, 0.25) is 0 Å². The quantitative estimate of drug-likeness (QED) is 0.846. The Kier molecular flexibility index (Phi) is 4.56. The van der Waals surface area contributed by atoms with Crippen molar-refractivity contribution in [3.05, 3.63) is 34.9 Å². The molecule has 0 spiro atoms. The largest absolute Gasteiger partial charge is 0.334 e. The van der Waals surface area contributed by atoms with Crippen LogP contribution in [0.4, 0.5) is 8.78 Å².